The first kappa shape index (κ1) is 21.3. The van der Waals surface area contributed by atoms with Gasteiger partial charge in [-0.05, 0) is 64.4 Å². The van der Waals surface area contributed by atoms with Crippen molar-refractivity contribution in [1.29, 1.82) is 0 Å². The van der Waals surface area contributed by atoms with Gasteiger partial charge in [0.2, 0.25) is 5.91 Å². The number of hydrogen-bond donors (Lipinski definition) is 1. The van der Waals surface area contributed by atoms with E-state index >= 15 is 0 Å². The largest absolute Gasteiger partial charge is 0.325 e. The molecule has 29 heavy (non-hydrogen) atoms. The van der Waals surface area contributed by atoms with E-state index in [1.807, 2.05) is 20.8 Å². The molecule has 1 amide bonds. The van der Waals surface area contributed by atoms with Crippen LogP contribution in [0.3, 0.4) is 0 Å². The predicted octanol–water partition coefficient (Wildman–Crippen LogP) is 4.42. The van der Waals surface area contributed by atoms with Crippen molar-refractivity contribution >= 4 is 50.7 Å². The Morgan fingerprint density at radius 2 is 1.90 bits per heavy atom. The highest BCUT2D eigenvalue weighted by Crippen LogP contribution is 2.30. The minimum Gasteiger partial charge on any atom is -0.325 e. The van der Waals surface area contributed by atoms with Gasteiger partial charge in [-0.2, -0.15) is 0 Å². The van der Waals surface area contributed by atoms with Crippen molar-refractivity contribution in [2.45, 2.75) is 51.6 Å². The Hall–Kier alpha value is -2.45. The van der Waals surface area contributed by atoms with Gasteiger partial charge >= 0.3 is 0 Å². The maximum absolute atomic E-state index is 12.9. The number of nitrogens with one attached hydrogen (secondary N) is 1. The molecule has 0 saturated heterocycles. The topological polar surface area (TPSA) is 81.1 Å². The molecule has 6 nitrogen and oxygen atoms in total. The van der Waals surface area contributed by atoms with Gasteiger partial charge in [0.15, 0.2) is 10.9 Å². The molecule has 0 bridgehead atoms. The van der Waals surface area contributed by atoms with Crippen LogP contribution >= 0.6 is 23.1 Å². The number of thioether (sulfide) groups is 1. The highest BCUT2D eigenvalue weighted by Gasteiger charge is 2.21. The van der Waals surface area contributed by atoms with Gasteiger partial charge < -0.3 is 5.32 Å². The van der Waals surface area contributed by atoms with Crippen molar-refractivity contribution in [3.8, 4) is 0 Å². The van der Waals surface area contributed by atoms with E-state index in [4.69, 9.17) is 0 Å². The summed E-state index contributed by atoms with van der Waals surface area (Å²) in [6, 6.07) is 6.77. The van der Waals surface area contributed by atoms with Gasteiger partial charge in [-0.1, -0.05) is 11.8 Å². The number of Topliss-reactive ketones (excluding diaryl/α,β-unsaturated/α-hetero) is 1. The fraction of sp³-hybridized carbons (Fsp3) is 0.333. The van der Waals surface area contributed by atoms with E-state index in [2.05, 4.69) is 10.3 Å². The fourth-order valence-electron chi connectivity index (χ4n) is 2.92. The molecule has 8 heteroatoms. The molecule has 152 valence electrons. The lowest BCUT2D eigenvalue weighted by atomic mass is 10.1. The molecule has 0 aliphatic heterocycles. The summed E-state index contributed by atoms with van der Waals surface area (Å²) in [5.41, 5.74) is 2.13. The Kier molecular flexibility index (Phi) is 6.24. The number of rotatable bonds is 6. The van der Waals surface area contributed by atoms with E-state index in [-0.39, 0.29) is 17.2 Å². The lowest BCUT2D eigenvalue weighted by Crippen LogP contribution is -2.26. The van der Waals surface area contributed by atoms with Crippen LogP contribution in [-0.2, 0) is 11.3 Å². The predicted molar refractivity (Wildman–Crippen MR) is 119 cm³/mol. The van der Waals surface area contributed by atoms with Gasteiger partial charge in [-0.3, -0.25) is 19.0 Å². The van der Waals surface area contributed by atoms with Crippen LogP contribution in [0.4, 0.5) is 5.69 Å². The number of thiophene rings is 1. The van der Waals surface area contributed by atoms with E-state index in [1.165, 1.54) is 30.0 Å². The number of amides is 1. The number of benzene rings is 1. The molecule has 1 N–H and O–H groups in total. The molecule has 2 heterocycles. The Balaban J connectivity index is 1.83. The number of nitrogens with zero attached hydrogens (tertiary/aromatic N) is 2. The van der Waals surface area contributed by atoms with Crippen LogP contribution in [0.5, 0.6) is 0 Å². The maximum Gasteiger partial charge on any atom is 0.263 e. The molecule has 3 aromatic rings. The minimum absolute atomic E-state index is 0.0233. The number of aryl methyl sites for hydroxylation is 2. The third kappa shape index (κ3) is 4.28. The first-order valence-corrected chi connectivity index (χ1v) is 11.0. The normalized spacial score (nSPS) is 12.2. The van der Waals surface area contributed by atoms with E-state index in [1.54, 1.807) is 35.8 Å². The number of anilines is 1. The molecular weight excluding hydrogens is 406 g/mol. The molecule has 0 saturated carbocycles. The van der Waals surface area contributed by atoms with Gasteiger partial charge in [-0.15, -0.1) is 11.3 Å². The number of ketones is 1. The molecule has 1 atom stereocenters. The molecular formula is C21H23N3O3S2. The van der Waals surface area contributed by atoms with Crippen molar-refractivity contribution in [1.82, 2.24) is 9.55 Å². The average Bonchev–Trinajstić information content (AvgIpc) is 2.96. The van der Waals surface area contributed by atoms with Gasteiger partial charge in [0.1, 0.15) is 4.83 Å². The second-order valence-corrected chi connectivity index (χ2v) is 9.30. The lowest BCUT2D eigenvalue weighted by Gasteiger charge is -2.15. The van der Waals surface area contributed by atoms with E-state index in [9.17, 15) is 14.4 Å². The standard InChI is InChI=1S/C21H23N3O3S2/c1-6-24-20(27)17-11(2)13(4)28-19(17)23-21(24)29-14(5)18(26)22-16-9-7-15(8-10-16)12(3)25/h7-10,14H,6H2,1-5H3,(H,22,26)/t14-/m1/s1. The zero-order valence-electron chi connectivity index (χ0n) is 17.0. The van der Waals surface area contributed by atoms with Crippen LogP contribution in [0, 0.1) is 13.8 Å². The number of aromatic nitrogens is 2. The molecule has 0 aliphatic carbocycles. The monoisotopic (exact) mass is 429 g/mol. The lowest BCUT2D eigenvalue weighted by molar-refractivity contribution is -0.115. The van der Waals surface area contributed by atoms with Crippen molar-refractivity contribution < 1.29 is 9.59 Å². The molecule has 0 spiro atoms. The summed E-state index contributed by atoms with van der Waals surface area (Å²) in [7, 11) is 0. The summed E-state index contributed by atoms with van der Waals surface area (Å²) in [6.07, 6.45) is 0. The molecule has 0 aliphatic rings. The number of carbonyl (C=O) groups is 2. The summed E-state index contributed by atoms with van der Waals surface area (Å²) >= 11 is 2.77. The van der Waals surface area contributed by atoms with Gasteiger partial charge in [0.25, 0.3) is 5.56 Å². The highest BCUT2D eigenvalue weighted by molar-refractivity contribution is 8.00. The van der Waals surface area contributed by atoms with Crippen LogP contribution in [-0.4, -0.2) is 26.5 Å². The summed E-state index contributed by atoms with van der Waals surface area (Å²) < 4.78 is 1.62. The fourth-order valence-corrected chi connectivity index (χ4v) is 4.96. The van der Waals surface area contributed by atoms with Crippen molar-refractivity contribution in [3.63, 3.8) is 0 Å². The van der Waals surface area contributed by atoms with Crippen LogP contribution in [0.2, 0.25) is 0 Å². The zero-order valence-corrected chi connectivity index (χ0v) is 18.7. The third-order valence-corrected chi connectivity index (χ3v) is 6.97. The minimum atomic E-state index is -0.452. The van der Waals surface area contributed by atoms with Crippen LogP contribution in [0.15, 0.2) is 34.2 Å². The zero-order chi connectivity index (χ0) is 21.3. The quantitative estimate of drug-likeness (QED) is 0.356. The Morgan fingerprint density at radius 1 is 1.24 bits per heavy atom. The summed E-state index contributed by atoms with van der Waals surface area (Å²) in [4.78, 5) is 43.4. The molecule has 1 aromatic carbocycles. The Labute approximate surface area is 177 Å². The summed E-state index contributed by atoms with van der Waals surface area (Å²) in [5, 5.41) is 3.61. The molecule has 3 rings (SSSR count). The van der Waals surface area contributed by atoms with Gasteiger partial charge in [-0.25, -0.2) is 4.98 Å². The smallest absolute Gasteiger partial charge is 0.263 e. The first-order valence-electron chi connectivity index (χ1n) is 9.32. The van der Waals surface area contributed by atoms with Crippen molar-refractivity contribution in [2.24, 2.45) is 0 Å². The third-order valence-electron chi connectivity index (χ3n) is 4.78. The second-order valence-electron chi connectivity index (χ2n) is 6.79. The summed E-state index contributed by atoms with van der Waals surface area (Å²) in [5.74, 6) is -0.217. The first-order chi connectivity index (χ1) is 13.7. The van der Waals surface area contributed by atoms with Gasteiger partial charge in [0.05, 0.1) is 10.6 Å². The molecule has 0 unspecified atom stereocenters. The van der Waals surface area contributed by atoms with E-state index < -0.39 is 5.25 Å². The van der Waals surface area contributed by atoms with Crippen molar-refractivity contribution in [3.05, 3.63) is 50.6 Å². The number of fused-ring (bicyclic) bond motifs is 1. The van der Waals surface area contributed by atoms with Crippen LogP contribution in [0.25, 0.3) is 10.2 Å². The van der Waals surface area contributed by atoms with E-state index in [0.717, 1.165) is 10.4 Å². The van der Waals surface area contributed by atoms with Crippen molar-refractivity contribution in [2.75, 3.05) is 5.32 Å². The second kappa shape index (κ2) is 8.51. The Morgan fingerprint density at radius 3 is 2.48 bits per heavy atom. The number of carbonyl (C=O) groups excluding carboxylic acids is 2. The average molecular weight is 430 g/mol. The SMILES string of the molecule is CCn1c(S[C@H](C)C(=O)Nc2ccc(C(C)=O)cc2)nc2sc(C)c(C)c2c1=O. The highest BCUT2D eigenvalue weighted by atomic mass is 32.2. The van der Waals surface area contributed by atoms with Gasteiger partial charge in [0, 0.05) is 22.7 Å². The van der Waals surface area contributed by atoms with Crippen LogP contribution < -0.4 is 10.9 Å². The Bertz CT molecular complexity index is 1150. The molecule has 0 radical (unpaired) electrons. The molecule has 2 aromatic heterocycles. The van der Waals surface area contributed by atoms with E-state index in [0.29, 0.717) is 33.2 Å². The molecule has 0 fully saturated rings. The number of hydrogen-bond acceptors (Lipinski definition) is 6. The van der Waals surface area contributed by atoms with Crippen LogP contribution in [0.1, 0.15) is 41.6 Å². The summed E-state index contributed by atoms with van der Waals surface area (Å²) in [6.45, 7) is 9.59. The maximum atomic E-state index is 12.9.